The Bertz CT molecular complexity index is 1670. The van der Waals surface area contributed by atoms with Crippen LogP contribution >= 0.6 is 0 Å². The second-order valence-corrected chi connectivity index (χ2v) is 14.8. The first kappa shape index (κ1) is 33.4. The van der Waals surface area contributed by atoms with E-state index in [4.69, 9.17) is 5.73 Å². The van der Waals surface area contributed by atoms with Gasteiger partial charge in [-0.2, -0.15) is 0 Å². The number of allylic oxidation sites excluding steroid dienone is 15. The molecule has 3 heteroatoms. The molecule has 7 rings (SSSR count). The molecule has 0 bridgehead atoms. The van der Waals surface area contributed by atoms with Gasteiger partial charge in [0.1, 0.15) is 5.76 Å². The van der Waals surface area contributed by atoms with Crippen molar-refractivity contribution in [3.8, 4) is 0 Å². The summed E-state index contributed by atoms with van der Waals surface area (Å²) < 4.78 is 0. The van der Waals surface area contributed by atoms with Gasteiger partial charge in [0.2, 0.25) is 0 Å². The van der Waals surface area contributed by atoms with Gasteiger partial charge in [-0.3, -0.25) is 0 Å². The molecular formula is C46H54N2O. The summed E-state index contributed by atoms with van der Waals surface area (Å²) in [6.45, 7) is 4.15. The highest BCUT2D eigenvalue weighted by molar-refractivity contribution is 5.66. The highest BCUT2D eigenvalue weighted by Crippen LogP contribution is 2.42. The minimum atomic E-state index is -0.270. The van der Waals surface area contributed by atoms with E-state index in [2.05, 4.69) is 121 Å². The van der Waals surface area contributed by atoms with Crippen LogP contribution in [-0.2, 0) is 0 Å². The van der Waals surface area contributed by atoms with Crippen molar-refractivity contribution in [1.82, 2.24) is 4.90 Å². The molecule has 0 saturated heterocycles. The quantitative estimate of drug-likeness (QED) is 0.207. The number of aliphatic hydroxyl groups is 1. The van der Waals surface area contributed by atoms with Crippen molar-refractivity contribution >= 4 is 5.57 Å². The van der Waals surface area contributed by atoms with E-state index in [1.807, 2.05) is 12.2 Å². The number of benzene rings is 1. The average molecular weight is 651 g/mol. The van der Waals surface area contributed by atoms with Crippen LogP contribution in [0, 0.1) is 23.7 Å². The zero-order valence-corrected chi connectivity index (χ0v) is 29.0. The summed E-state index contributed by atoms with van der Waals surface area (Å²) in [5.41, 5.74) is 14.6. The molecule has 1 aromatic carbocycles. The number of nitrogens with two attached hydrogens (primary N) is 1. The number of rotatable bonds is 9. The number of hydrogen-bond acceptors (Lipinski definition) is 3. The van der Waals surface area contributed by atoms with Crippen molar-refractivity contribution in [2.24, 2.45) is 29.4 Å². The lowest BCUT2D eigenvalue weighted by Crippen LogP contribution is -2.39. The lowest BCUT2D eigenvalue weighted by atomic mass is 9.71. The lowest BCUT2D eigenvalue weighted by molar-refractivity contribution is 0.221. The molecule has 6 aliphatic rings. The van der Waals surface area contributed by atoms with E-state index >= 15 is 0 Å². The Morgan fingerprint density at radius 2 is 1.71 bits per heavy atom. The molecule has 0 radical (unpaired) electrons. The molecule has 3 N–H and O–H groups in total. The molecule has 1 aromatic rings. The first-order valence-corrected chi connectivity index (χ1v) is 18.9. The largest absolute Gasteiger partial charge is 0.511 e. The van der Waals surface area contributed by atoms with Crippen LogP contribution in [0.15, 0.2) is 156 Å². The van der Waals surface area contributed by atoms with Gasteiger partial charge in [-0.05, 0) is 122 Å². The highest BCUT2D eigenvalue weighted by atomic mass is 16.3. The zero-order chi connectivity index (χ0) is 33.6. The molecule has 0 heterocycles. The van der Waals surface area contributed by atoms with Crippen LogP contribution in [0.1, 0.15) is 76.2 Å². The third kappa shape index (κ3) is 7.58. The molecule has 254 valence electrons. The predicted molar refractivity (Wildman–Crippen MR) is 206 cm³/mol. The molecule has 7 unspecified atom stereocenters. The van der Waals surface area contributed by atoms with Crippen LogP contribution in [0.3, 0.4) is 0 Å². The fourth-order valence-corrected chi connectivity index (χ4v) is 8.99. The third-order valence-electron chi connectivity index (χ3n) is 11.8. The Morgan fingerprint density at radius 3 is 2.43 bits per heavy atom. The van der Waals surface area contributed by atoms with Crippen molar-refractivity contribution in [3.05, 3.63) is 162 Å². The van der Waals surface area contributed by atoms with Crippen LogP contribution in [0.2, 0.25) is 0 Å². The number of nitrogens with zero attached hydrogens (tertiary/aromatic N) is 1. The SMILES string of the molecule is C=C/C(=C\C=C/N(C1C=CC(C2C=CC(C3=C4C=CCCC4C(N)C(O)=C3)CC2)=CC1)C1CC=C(c2ccccc2)CC1)C1C=CCCC1. The topological polar surface area (TPSA) is 49.5 Å². The summed E-state index contributed by atoms with van der Waals surface area (Å²) in [5, 5.41) is 10.7. The van der Waals surface area contributed by atoms with Gasteiger partial charge in [-0.25, -0.2) is 0 Å². The van der Waals surface area contributed by atoms with E-state index in [-0.39, 0.29) is 12.0 Å². The maximum Gasteiger partial charge on any atom is 0.110 e. The number of aliphatic hydroxyl groups excluding tert-OH is 1. The Morgan fingerprint density at radius 1 is 0.857 bits per heavy atom. The first-order chi connectivity index (χ1) is 24.1. The second-order valence-electron chi connectivity index (χ2n) is 14.8. The van der Waals surface area contributed by atoms with Gasteiger partial charge in [0.25, 0.3) is 0 Å². The van der Waals surface area contributed by atoms with Crippen molar-refractivity contribution in [2.45, 2.75) is 88.8 Å². The van der Waals surface area contributed by atoms with Gasteiger partial charge in [0.15, 0.2) is 0 Å². The predicted octanol–water partition coefficient (Wildman–Crippen LogP) is 10.8. The monoisotopic (exact) mass is 650 g/mol. The van der Waals surface area contributed by atoms with Crippen LogP contribution in [0.25, 0.3) is 5.57 Å². The smallest absolute Gasteiger partial charge is 0.110 e. The fourth-order valence-electron chi connectivity index (χ4n) is 8.99. The van der Waals surface area contributed by atoms with Crippen LogP contribution in [0.4, 0.5) is 0 Å². The Hall–Kier alpha value is -4.08. The van der Waals surface area contributed by atoms with E-state index in [1.54, 1.807) is 0 Å². The van der Waals surface area contributed by atoms with E-state index in [0.29, 0.717) is 35.6 Å². The Labute approximate surface area is 294 Å². The van der Waals surface area contributed by atoms with Gasteiger partial charge in [0, 0.05) is 29.7 Å². The normalized spacial score (nSPS) is 31.7. The highest BCUT2D eigenvalue weighted by Gasteiger charge is 2.34. The maximum atomic E-state index is 10.7. The van der Waals surface area contributed by atoms with Gasteiger partial charge < -0.3 is 15.7 Å². The van der Waals surface area contributed by atoms with Gasteiger partial charge in [-0.15, -0.1) is 0 Å². The Balaban J connectivity index is 1.06. The average Bonchev–Trinajstić information content (AvgIpc) is 3.17. The molecule has 49 heavy (non-hydrogen) atoms. The molecule has 0 fully saturated rings. The number of fused-ring (bicyclic) bond motifs is 1. The summed E-state index contributed by atoms with van der Waals surface area (Å²) in [5.74, 6) is 1.85. The lowest BCUT2D eigenvalue weighted by Gasteiger charge is -2.39. The molecule has 0 amide bonds. The number of hydrogen-bond donors (Lipinski definition) is 2. The summed E-state index contributed by atoms with van der Waals surface area (Å²) in [4.78, 5) is 2.64. The van der Waals surface area contributed by atoms with E-state index < -0.39 is 0 Å². The molecule has 6 aliphatic carbocycles. The van der Waals surface area contributed by atoms with Gasteiger partial charge in [-0.1, -0.05) is 110 Å². The Kier molecular flexibility index (Phi) is 10.7. The molecule has 0 saturated carbocycles. The minimum Gasteiger partial charge on any atom is -0.511 e. The van der Waals surface area contributed by atoms with Crippen molar-refractivity contribution in [3.63, 3.8) is 0 Å². The van der Waals surface area contributed by atoms with Gasteiger partial charge in [0.05, 0.1) is 12.1 Å². The molecule has 3 nitrogen and oxygen atoms in total. The molecule has 0 spiro atoms. The summed E-state index contributed by atoms with van der Waals surface area (Å²) in [6, 6.07) is 11.4. The van der Waals surface area contributed by atoms with Crippen molar-refractivity contribution in [2.75, 3.05) is 0 Å². The first-order valence-electron chi connectivity index (χ1n) is 18.9. The standard InChI is InChI=1S/C46H54N2O/c1-2-33(34-12-5-3-6-13-34)16-11-31-48(40-27-23-37(24-28-40)35-14-7-4-8-15-35)41-29-25-38(26-30-41)36-19-21-39(22-20-36)44-32-45(49)46(47)43-18-10-9-17-42(43)44/h2,4-5,7-9,11-12,14-17,19,21,23,25-26,29,31-32,34,36,39-41,43,46,49H,1,3,6,10,13,18,20,22,24,27-28,30,47H2/b31-11-,33-16+. The van der Waals surface area contributed by atoms with Crippen LogP contribution < -0.4 is 5.73 Å². The molecule has 7 atom stereocenters. The van der Waals surface area contributed by atoms with Crippen LogP contribution in [0.5, 0.6) is 0 Å². The molecule has 0 aliphatic heterocycles. The maximum absolute atomic E-state index is 10.7. The summed E-state index contributed by atoms with van der Waals surface area (Å²) in [7, 11) is 0. The molecule has 0 aromatic heterocycles. The second kappa shape index (κ2) is 15.6. The van der Waals surface area contributed by atoms with Crippen molar-refractivity contribution in [1.29, 1.82) is 0 Å². The fraction of sp³-hybridized carbons (Fsp3) is 0.391. The minimum absolute atomic E-state index is 0.238. The molecular weight excluding hydrogens is 597 g/mol. The van der Waals surface area contributed by atoms with Gasteiger partial charge >= 0.3 is 0 Å². The van der Waals surface area contributed by atoms with E-state index in [9.17, 15) is 5.11 Å². The van der Waals surface area contributed by atoms with E-state index in [1.165, 1.54) is 52.7 Å². The van der Waals surface area contributed by atoms with E-state index in [0.717, 1.165) is 51.4 Å². The zero-order valence-electron chi connectivity index (χ0n) is 29.0. The summed E-state index contributed by atoms with van der Waals surface area (Å²) >= 11 is 0. The van der Waals surface area contributed by atoms with Crippen molar-refractivity contribution < 1.29 is 5.11 Å². The third-order valence-corrected chi connectivity index (χ3v) is 11.8. The van der Waals surface area contributed by atoms with Crippen LogP contribution in [-0.4, -0.2) is 28.1 Å². The summed E-state index contributed by atoms with van der Waals surface area (Å²) in [6.07, 6.45) is 47.1.